The molecule has 0 aliphatic carbocycles. The number of rotatable bonds is 5. The second-order valence-electron chi connectivity index (χ2n) is 7.69. The Labute approximate surface area is 189 Å². The van der Waals surface area contributed by atoms with Crippen LogP contribution in [-0.2, 0) is 16.1 Å². The Morgan fingerprint density at radius 3 is 2.59 bits per heavy atom. The van der Waals surface area contributed by atoms with Crippen molar-refractivity contribution in [2.45, 2.75) is 26.4 Å². The number of hydrogen-bond donors (Lipinski definition) is 0. The summed E-state index contributed by atoms with van der Waals surface area (Å²) in [6.45, 7) is 4.53. The molecule has 0 N–H and O–H groups in total. The van der Waals surface area contributed by atoms with Gasteiger partial charge in [-0.3, -0.25) is 14.0 Å². The third-order valence-electron chi connectivity index (χ3n) is 5.43. The normalized spacial score (nSPS) is 16.0. The lowest BCUT2D eigenvalue weighted by molar-refractivity contribution is -0.136. The van der Waals surface area contributed by atoms with E-state index in [1.54, 1.807) is 22.4 Å². The number of benzene rings is 1. The highest BCUT2D eigenvalue weighted by Crippen LogP contribution is 2.31. The number of fused-ring (bicyclic) bond motifs is 1. The third-order valence-corrected chi connectivity index (χ3v) is 6.41. The molecule has 0 spiro atoms. The van der Waals surface area contributed by atoms with Crippen LogP contribution in [0.4, 0.5) is 5.69 Å². The molecule has 0 saturated carbocycles. The quantitative estimate of drug-likeness (QED) is 0.552. The molecule has 1 atom stereocenters. The molecule has 1 aliphatic heterocycles. The number of nitrogens with zero attached hydrogens (tertiary/aromatic N) is 5. The number of methoxy groups -OCH3 is 1. The van der Waals surface area contributed by atoms with Gasteiger partial charge in [0.25, 0.3) is 5.56 Å². The second kappa shape index (κ2) is 8.58. The van der Waals surface area contributed by atoms with Crippen molar-refractivity contribution in [3.05, 3.63) is 78.7 Å². The molecule has 0 unspecified atom stereocenters. The van der Waals surface area contributed by atoms with Gasteiger partial charge in [0.1, 0.15) is 0 Å². The lowest BCUT2D eigenvalue weighted by Gasteiger charge is -2.25. The minimum atomic E-state index is -0.615. The number of ether oxygens (including phenoxy) is 1. The highest BCUT2D eigenvalue weighted by atomic mass is 32.1. The Balaban J connectivity index is 1.92. The number of thiazole rings is 1. The smallest absolute Gasteiger partial charge is 0.338 e. The van der Waals surface area contributed by atoms with Gasteiger partial charge in [0.2, 0.25) is 0 Å². The van der Waals surface area contributed by atoms with E-state index in [4.69, 9.17) is 4.74 Å². The molecule has 32 heavy (non-hydrogen) atoms. The van der Waals surface area contributed by atoms with Crippen LogP contribution in [0.3, 0.4) is 0 Å². The van der Waals surface area contributed by atoms with Crippen LogP contribution >= 0.6 is 11.3 Å². The number of allylic oxidation sites excluding steroid dienone is 1. The fourth-order valence-electron chi connectivity index (χ4n) is 3.74. The van der Waals surface area contributed by atoms with Gasteiger partial charge in [0.05, 0.1) is 35.2 Å². The van der Waals surface area contributed by atoms with Crippen molar-refractivity contribution in [2.75, 3.05) is 26.1 Å². The standard InChI is InChI=1S/C23H25N5O3S/c1-6-27-13-15(12-24-27)11-18-21(29)28-20(16-7-9-17(10-8-16)26(3)4)19(22(30)31-5)14(2)25-23(28)32-18/h7-13,20H,6H2,1-5H3/b18-11+/t20-/m0/s1. The summed E-state index contributed by atoms with van der Waals surface area (Å²) in [7, 11) is 5.26. The van der Waals surface area contributed by atoms with Crippen molar-refractivity contribution in [1.29, 1.82) is 0 Å². The Kier molecular flexibility index (Phi) is 5.84. The molecule has 0 amide bonds. The molecule has 166 valence electrons. The Bertz CT molecular complexity index is 1380. The number of aryl methyl sites for hydroxylation is 1. The van der Waals surface area contributed by atoms with E-state index in [-0.39, 0.29) is 5.56 Å². The van der Waals surface area contributed by atoms with Gasteiger partial charge in [-0.25, -0.2) is 9.79 Å². The van der Waals surface area contributed by atoms with E-state index in [1.165, 1.54) is 18.4 Å². The molecule has 4 rings (SSSR count). The first-order valence-electron chi connectivity index (χ1n) is 10.2. The first-order valence-corrected chi connectivity index (χ1v) is 11.1. The van der Waals surface area contributed by atoms with Gasteiger partial charge in [0.15, 0.2) is 4.80 Å². The Morgan fingerprint density at radius 1 is 1.28 bits per heavy atom. The zero-order valence-electron chi connectivity index (χ0n) is 18.7. The van der Waals surface area contributed by atoms with Crippen LogP contribution in [0.5, 0.6) is 0 Å². The summed E-state index contributed by atoms with van der Waals surface area (Å²) in [5.74, 6) is -0.494. The Hall–Kier alpha value is -3.46. The molecular formula is C23H25N5O3S. The highest BCUT2D eigenvalue weighted by molar-refractivity contribution is 7.07. The van der Waals surface area contributed by atoms with E-state index >= 15 is 0 Å². The van der Waals surface area contributed by atoms with Crippen LogP contribution < -0.4 is 19.8 Å². The monoisotopic (exact) mass is 451 g/mol. The summed E-state index contributed by atoms with van der Waals surface area (Å²) in [5, 5.41) is 4.27. The maximum absolute atomic E-state index is 13.5. The maximum Gasteiger partial charge on any atom is 0.338 e. The fraction of sp³-hybridized carbons (Fsp3) is 0.304. The summed E-state index contributed by atoms with van der Waals surface area (Å²) >= 11 is 1.30. The van der Waals surface area contributed by atoms with Crippen molar-refractivity contribution in [3.63, 3.8) is 0 Å². The van der Waals surface area contributed by atoms with Crippen molar-refractivity contribution in [2.24, 2.45) is 4.99 Å². The molecule has 3 aromatic rings. The van der Waals surface area contributed by atoms with Gasteiger partial charge in [-0.2, -0.15) is 5.10 Å². The lowest BCUT2D eigenvalue weighted by Crippen LogP contribution is -2.39. The van der Waals surface area contributed by atoms with Crippen molar-refractivity contribution in [1.82, 2.24) is 14.3 Å². The first kappa shape index (κ1) is 21.8. The topological polar surface area (TPSA) is 81.7 Å². The van der Waals surface area contributed by atoms with Crippen LogP contribution in [0.25, 0.3) is 6.08 Å². The van der Waals surface area contributed by atoms with Crippen molar-refractivity contribution < 1.29 is 9.53 Å². The predicted molar refractivity (Wildman–Crippen MR) is 124 cm³/mol. The van der Waals surface area contributed by atoms with Crippen LogP contribution in [0.15, 0.2) is 57.7 Å². The van der Waals surface area contributed by atoms with Crippen LogP contribution in [-0.4, -0.2) is 41.5 Å². The molecule has 0 saturated heterocycles. The van der Waals surface area contributed by atoms with Crippen LogP contribution in [0, 0.1) is 0 Å². The van der Waals surface area contributed by atoms with Crippen molar-refractivity contribution in [3.8, 4) is 0 Å². The zero-order chi connectivity index (χ0) is 23.0. The minimum absolute atomic E-state index is 0.200. The summed E-state index contributed by atoms with van der Waals surface area (Å²) in [4.78, 5) is 33.3. The number of esters is 1. The van der Waals surface area contributed by atoms with Gasteiger partial charge in [-0.15, -0.1) is 0 Å². The molecule has 0 radical (unpaired) electrons. The van der Waals surface area contributed by atoms with Gasteiger partial charge in [-0.05, 0) is 37.6 Å². The summed E-state index contributed by atoms with van der Waals surface area (Å²) < 4.78 is 8.98. The maximum atomic E-state index is 13.5. The van der Waals surface area contributed by atoms with E-state index < -0.39 is 12.0 Å². The van der Waals surface area contributed by atoms with Crippen molar-refractivity contribution >= 4 is 29.1 Å². The Morgan fingerprint density at radius 2 is 2.00 bits per heavy atom. The van der Waals surface area contributed by atoms with Gasteiger partial charge in [-0.1, -0.05) is 23.5 Å². The second-order valence-corrected chi connectivity index (χ2v) is 8.70. The number of hydrogen-bond acceptors (Lipinski definition) is 7. The molecule has 1 aromatic carbocycles. The molecule has 0 bridgehead atoms. The average molecular weight is 452 g/mol. The lowest BCUT2D eigenvalue weighted by atomic mass is 9.95. The number of aromatic nitrogens is 3. The van der Waals surface area contributed by atoms with Crippen LogP contribution in [0.2, 0.25) is 0 Å². The van der Waals surface area contributed by atoms with Gasteiger partial charge in [0, 0.05) is 38.1 Å². The largest absolute Gasteiger partial charge is 0.466 e. The molecular weight excluding hydrogens is 426 g/mol. The molecule has 3 heterocycles. The van der Waals surface area contributed by atoms with E-state index in [0.717, 1.165) is 23.4 Å². The van der Waals surface area contributed by atoms with Gasteiger partial charge >= 0.3 is 5.97 Å². The summed E-state index contributed by atoms with van der Waals surface area (Å²) in [5.41, 5.74) is 3.39. The summed E-state index contributed by atoms with van der Waals surface area (Å²) in [6, 6.07) is 7.19. The summed E-state index contributed by atoms with van der Waals surface area (Å²) in [6.07, 6.45) is 5.43. The molecule has 2 aromatic heterocycles. The average Bonchev–Trinajstić information content (AvgIpc) is 3.36. The molecule has 9 heteroatoms. The fourth-order valence-corrected chi connectivity index (χ4v) is 4.79. The van der Waals surface area contributed by atoms with E-state index in [1.807, 2.05) is 62.5 Å². The highest BCUT2D eigenvalue weighted by Gasteiger charge is 2.33. The first-order chi connectivity index (χ1) is 15.3. The molecule has 0 fully saturated rings. The van der Waals surface area contributed by atoms with Crippen LogP contribution in [0.1, 0.15) is 31.0 Å². The number of anilines is 1. The number of carbonyl (C=O) groups is 1. The van der Waals surface area contributed by atoms with E-state index in [0.29, 0.717) is 20.6 Å². The predicted octanol–water partition coefficient (Wildman–Crippen LogP) is 1.69. The number of carbonyl (C=O) groups excluding carboxylic acids is 1. The van der Waals surface area contributed by atoms with E-state index in [2.05, 4.69) is 10.1 Å². The SMILES string of the molecule is CCn1cc(/C=c2/sc3n(c2=O)[C@@H](c2ccc(N(C)C)cc2)C(C(=O)OC)=C(C)N=3)cn1. The third kappa shape index (κ3) is 3.80. The van der Waals surface area contributed by atoms with E-state index in [9.17, 15) is 9.59 Å². The molecule has 1 aliphatic rings. The minimum Gasteiger partial charge on any atom is -0.466 e. The zero-order valence-corrected chi connectivity index (χ0v) is 19.5. The van der Waals surface area contributed by atoms with Gasteiger partial charge < -0.3 is 9.64 Å². The molecule has 8 nitrogen and oxygen atoms in total.